The maximum Gasteiger partial charge on any atom is 0.163 e. The lowest BCUT2D eigenvalue weighted by Crippen LogP contribution is -2.10. The molecule has 100 valence electrons. The third kappa shape index (κ3) is 2.95. The summed E-state index contributed by atoms with van der Waals surface area (Å²) < 4.78 is 5.94. The number of hydrogen-bond donors (Lipinski definition) is 0. The van der Waals surface area contributed by atoms with Crippen LogP contribution >= 0.6 is 0 Å². The first-order valence-corrected chi connectivity index (χ1v) is 6.79. The third-order valence-electron chi connectivity index (χ3n) is 3.47. The summed E-state index contributed by atoms with van der Waals surface area (Å²) in [5.41, 5.74) is 0.669. The average molecular weight is 256 g/mol. The number of fused-ring (bicyclic) bond motifs is 1. The first kappa shape index (κ1) is 13.6. The Morgan fingerprint density at radius 3 is 2.63 bits per heavy atom. The van der Waals surface area contributed by atoms with Gasteiger partial charge in [0.25, 0.3) is 0 Å². The van der Waals surface area contributed by atoms with Gasteiger partial charge in [-0.05, 0) is 24.3 Å². The van der Waals surface area contributed by atoms with Gasteiger partial charge in [0, 0.05) is 5.39 Å². The highest BCUT2D eigenvalue weighted by molar-refractivity contribution is 6.03. The number of benzene rings is 2. The van der Waals surface area contributed by atoms with E-state index < -0.39 is 0 Å². The summed E-state index contributed by atoms with van der Waals surface area (Å²) >= 11 is 0. The first-order chi connectivity index (χ1) is 9.13. The topological polar surface area (TPSA) is 26.3 Å². The number of carbonyl (C=O) groups is 1. The van der Waals surface area contributed by atoms with Crippen molar-refractivity contribution in [1.82, 2.24) is 0 Å². The molecule has 0 aliphatic carbocycles. The Bertz CT molecular complexity index is 587. The van der Waals surface area contributed by atoms with Gasteiger partial charge in [-0.15, -0.1) is 0 Å². The number of carbonyl (C=O) groups excluding carboxylic acids is 1. The zero-order chi connectivity index (χ0) is 13.8. The molecule has 0 aliphatic heterocycles. The molecule has 2 aromatic carbocycles. The Hall–Kier alpha value is -1.83. The van der Waals surface area contributed by atoms with E-state index in [9.17, 15) is 4.79 Å². The van der Waals surface area contributed by atoms with E-state index in [2.05, 4.69) is 13.8 Å². The van der Waals surface area contributed by atoms with E-state index in [1.807, 2.05) is 36.4 Å². The molecule has 1 atom stereocenters. The molecule has 2 rings (SSSR count). The molecule has 0 radical (unpaired) electrons. The SMILES string of the molecule is CCC(C)COc1c(C(C)=O)ccc2ccccc12. The van der Waals surface area contributed by atoms with Crippen LogP contribution in [-0.4, -0.2) is 12.4 Å². The lowest BCUT2D eigenvalue weighted by molar-refractivity contribution is 0.101. The van der Waals surface area contributed by atoms with Crippen LogP contribution in [-0.2, 0) is 0 Å². The van der Waals surface area contributed by atoms with Crippen LogP contribution in [0.1, 0.15) is 37.6 Å². The summed E-state index contributed by atoms with van der Waals surface area (Å²) in [5.74, 6) is 1.26. The molecule has 0 amide bonds. The van der Waals surface area contributed by atoms with Gasteiger partial charge >= 0.3 is 0 Å². The van der Waals surface area contributed by atoms with Gasteiger partial charge in [-0.1, -0.05) is 50.6 Å². The number of Topliss-reactive ketones (excluding diaryl/α,β-unsaturated/α-hetero) is 1. The second-order valence-corrected chi connectivity index (χ2v) is 5.04. The lowest BCUT2D eigenvalue weighted by atomic mass is 10.0. The van der Waals surface area contributed by atoms with Gasteiger partial charge < -0.3 is 4.74 Å². The minimum atomic E-state index is 0.0462. The molecule has 0 aromatic heterocycles. The standard InChI is InChI=1S/C17H20O2/c1-4-12(2)11-19-17-15(13(3)18)10-9-14-7-5-6-8-16(14)17/h5-10,12H,4,11H2,1-3H3. The van der Waals surface area contributed by atoms with E-state index in [0.717, 1.165) is 22.9 Å². The molecule has 2 aromatic rings. The van der Waals surface area contributed by atoms with Crippen LogP contribution in [0.25, 0.3) is 10.8 Å². The third-order valence-corrected chi connectivity index (χ3v) is 3.47. The fraction of sp³-hybridized carbons (Fsp3) is 0.353. The number of ketones is 1. The van der Waals surface area contributed by atoms with Gasteiger partial charge in [-0.25, -0.2) is 0 Å². The highest BCUT2D eigenvalue weighted by atomic mass is 16.5. The molecule has 1 unspecified atom stereocenters. The van der Waals surface area contributed by atoms with Crippen LogP contribution in [0, 0.1) is 5.92 Å². The summed E-state index contributed by atoms with van der Waals surface area (Å²) in [7, 11) is 0. The molecule has 0 fully saturated rings. The molecule has 2 heteroatoms. The van der Waals surface area contributed by atoms with Crippen molar-refractivity contribution >= 4 is 16.6 Å². The fourth-order valence-electron chi connectivity index (χ4n) is 2.02. The van der Waals surface area contributed by atoms with E-state index in [0.29, 0.717) is 18.1 Å². The Morgan fingerprint density at radius 2 is 1.95 bits per heavy atom. The van der Waals surface area contributed by atoms with Crippen molar-refractivity contribution in [2.75, 3.05) is 6.61 Å². The summed E-state index contributed by atoms with van der Waals surface area (Å²) in [6, 6.07) is 11.8. The van der Waals surface area contributed by atoms with Crippen molar-refractivity contribution < 1.29 is 9.53 Å². The molecule has 0 spiro atoms. The summed E-state index contributed by atoms with van der Waals surface area (Å²) in [4.78, 5) is 11.7. The van der Waals surface area contributed by atoms with Gasteiger partial charge in [0.2, 0.25) is 0 Å². The molecule has 0 saturated heterocycles. The minimum Gasteiger partial charge on any atom is -0.492 e. The molecule has 19 heavy (non-hydrogen) atoms. The molecule has 0 heterocycles. The summed E-state index contributed by atoms with van der Waals surface area (Å²) in [6.07, 6.45) is 1.07. The Labute approximate surface area is 114 Å². The van der Waals surface area contributed by atoms with Crippen LogP contribution in [0.5, 0.6) is 5.75 Å². The lowest BCUT2D eigenvalue weighted by Gasteiger charge is -2.15. The zero-order valence-electron chi connectivity index (χ0n) is 11.8. The van der Waals surface area contributed by atoms with Gasteiger partial charge in [0.05, 0.1) is 12.2 Å². The second kappa shape index (κ2) is 5.87. The fourth-order valence-corrected chi connectivity index (χ4v) is 2.02. The predicted octanol–water partition coefficient (Wildman–Crippen LogP) is 4.47. The van der Waals surface area contributed by atoms with Gasteiger partial charge in [0.1, 0.15) is 5.75 Å². The normalized spacial score (nSPS) is 12.4. The molecule has 0 N–H and O–H groups in total. The average Bonchev–Trinajstić information content (AvgIpc) is 2.43. The molecule has 0 saturated carbocycles. The van der Waals surface area contributed by atoms with Gasteiger partial charge in [-0.3, -0.25) is 4.79 Å². The summed E-state index contributed by atoms with van der Waals surface area (Å²) in [5, 5.41) is 2.12. The molecular formula is C17H20O2. The van der Waals surface area contributed by atoms with Crippen molar-refractivity contribution in [3.8, 4) is 5.75 Å². The number of rotatable bonds is 5. The number of ether oxygens (including phenoxy) is 1. The van der Waals surface area contributed by atoms with Gasteiger partial charge in [-0.2, -0.15) is 0 Å². The Kier molecular flexibility index (Phi) is 4.20. The Balaban J connectivity index is 2.46. The zero-order valence-corrected chi connectivity index (χ0v) is 11.8. The monoisotopic (exact) mass is 256 g/mol. The molecule has 2 nitrogen and oxygen atoms in total. The maximum atomic E-state index is 11.7. The number of hydrogen-bond acceptors (Lipinski definition) is 2. The molecular weight excluding hydrogens is 236 g/mol. The van der Waals surface area contributed by atoms with Crippen molar-refractivity contribution in [3.63, 3.8) is 0 Å². The van der Waals surface area contributed by atoms with E-state index in [4.69, 9.17) is 4.74 Å². The largest absolute Gasteiger partial charge is 0.492 e. The Morgan fingerprint density at radius 1 is 1.21 bits per heavy atom. The summed E-state index contributed by atoms with van der Waals surface area (Å²) in [6.45, 7) is 6.52. The minimum absolute atomic E-state index is 0.0462. The van der Waals surface area contributed by atoms with Crippen LogP contribution in [0.15, 0.2) is 36.4 Å². The van der Waals surface area contributed by atoms with Crippen molar-refractivity contribution in [2.24, 2.45) is 5.92 Å². The van der Waals surface area contributed by atoms with E-state index >= 15 is 0 Å². The van der Waals surface area contributed by atoms with Gasteiger partial charge in [0.15, 0.2) is 5.78 Å². The molecule has 0 aliphatic rings. The first-order valence-electron chi connectivity index (χ1n) is 6.79. The highest BCUT2D eigenvalue weighted by Gasteiger charge is 2.13. The van der Waals surface area contributed by atoms with E-state index in [1.165, 1.54) is 0 Å². The van der Waals surface area contributed by atoms with Crippen molar-refractivity contribution in [1.29, 1.82) is 0 Å². The quantitative estimate of drug-likeness (QED) is 0.738. The maximum absolute atomic E-state index is 11.7. The van der Waals surface area contributed by atoms with Crippen LogP contribution in [0.3, 0.4) is 0 Å². The van der Waals surface area contributed by atoms with Crippen LogP contribution < -0.4 is 4.74 Å². The van der Waals surface area contributed by atoms with Crippen LogP contribution in [0.2, 0.25) is 0 Å². The second-order valence-electron chi connectivity index (χ2n) is 5.04. The smallest absolute Gasteiger partial charge is 0.163 e. The van der Waals surface area contributed by atoms with Crippen LogP contribution in [0.4, 0.5) is 0 Å². The van der Waals surface area contributed by atoms with Crippen molar-refractivity contribution in [3.05, 3.63) is 42.0 Å². The van der Waals surface area contributed by atoms with E-state index in [1.54, 1.807) is 6.92 Å². The van der Waals surface area contributed by atoms with Crippen molar-refractivity contribution in [2.45, 2.75) is 27.2 Å². The van der Waals surface area contributed by atoms with E-state index in [-0.39, 0.29) is 5.78 Å². The predicted molar refractivity (Wildman–Crippen MR) is 78.9 cm³/mol. The highest BCUT2D eigenvalue weighted by Crippen LogP contribution is 2.30. The molecule has 0 bridgehead atoms.